The van der Waals surface area contributed by atoms with E-state index in [-0.39, 0.29) is 6.61 Å². The van der Waals surface area contributed by atoms with Crippen LogP contribution in [0, 0.1) is 0 Å². The first-order valence-corrected chi connectivity index (χ1v) is 3.19. The predicted octanol–water partition coefficient (Wildman–Crippen LogP) is -0.497. The molecule has 68 valence electrons. The van der Waals surface area contributed by atoms with Crippen LogP contribution in [-0.4, -0.2) is 19.3 Å². The lowest BCUT2D eigenvalue weighted by molar-refractivity contribution is 0.0590. The highest BCUT2D eigenvalue weighted by atomic mass is 16.8. The number of rotatable bonds is 2. The van der Waals surface area contributed by atoms with E-state index in [1.54, 1.807) is 6.92 Å². The van der Waals surface area contributed by atoms with Crippen LogP contribution in [0.25, 0.3) is 0 Å². The molecule has 0 heterocycles. The van der Waals surface area contributed by atoms with Gasteiger partial charge in [-0.1, -0.05) is 6.92 Å². The highest BCUT2D eigenvalue weighted by Crippen LogP contribution is 1.75. The van der Waals surface area contributed by atoms with Crippen molar-refractivity contribution in [3.05, 3.63) is 0 Å². The summed E-state index contributed by atoms with van der Waals surface area (Å²) >= 11 is 0. The lowest BCUT2D eigenvalue weighted by atomic mass is 10.8. The Morgan fingerprint density at radius 3 is 2.09 bits per heavy atom. The quantitative estimate of drug-likeness (QED) is 0.290. The molecule has 5 N–H and O–H groups in total. The third-order valence-corrected chi connectivity index (χ3v) is 0.563. The van der Waals surface area contributed by atoms with E-state index in [2.05, 4.69) is 20.9 Å². The van der Waals surface area contributed by atoms with Gasteiger partial charge in [0.05, 0.1) is 6.61 Å². The van der Waals surface area contributed by atoms with Gasteiger partial charge < -0.3 is 9.57 Å². The Labute approximate surface area is 65.7 Å². The van der Waals surface area contributed by atoms with Crippen molar-refractivity contribution in [2.75, 3.05) is 13.2 Å². The number of hydrazine groups is 1. The summed E-state index contributed by atoms with van der Waals surface area (Å²) in [5.74, 6) is 9.16. The Morgan fingerprint density at radius 1 is 1.55 bits per heavy atom. The fourth-order valence-electron chi connectivity index (χ4n) is 0.152. The zero-order valence-corrected chi connectivity index (χ0v) is 6.79. The average molecular weight is 165 g/mol. The summed E-state index contributed by atoms with van der Waals surface area (Å²) in [7, 11) is 0. The van der Waals surface area contributed by atoms with E-state index in [0.29, 0.717) is 0 Å². The van der Waals surface area contributed by atoms with Crippen molar-refractivity contribution < 1.29 is 14.4 Å². The van der Waals surface area contributed by atoms with Gasteiger partial charge in [0, 0.05) is 6.54 Å². The molecule has 0 spiro atoms. The summed E-state index contributed by atoms with van der Waals surface area (Å²) in [6.07, 6.45) is -0.845. The van der Waals surface area contributed by atoms with Crippen LogP contribution in [-0.2, 0) is 9.57 Å². The number of carbonyl (C=O) groups is 1. The second-order valence-corrected chi connectivity index (χ2v) is 1.36. The molecule has 0 saturated carbocycles. The largest absolute Gasteiger partial charge is 0.527 e. The van der Waals surface area contributed by atoms with Crippen LogP contribution in [0.3, 0.4) is 0 Å². The Kier molecular flexibility index (Phi) is 13.8. The highest BCUT2D eigenvalue weighted by Gasteiger charge is 1.94. The van der Waals surface area contributed by atoms with Crippen LogP contribution in [0.15, 0.2) is 0 Å². The first-order valence-electron chi connectivity index (χ1n) is 3.19. The minimum absolute atomic E-state index is 0.288. The molecule has 0 aromatic rings. The Hall–Kier alpha value is -0.850. The van der Waals surface area contributed by atoms with Gasteiger partial charge >= 0.3 is 6.16 Å². The minimum Gasteiger partial charge on any atom is -0.433 e. The maximum absolute atomic E-state index is 9.84. The smallest absolute Gasteiger partial charge is 0.433 e. The Bertz CT molecular complexity index is 87.0. The second-order valence-electron chi connectivity index (χ2n) is 1.36. The van der Waals surface area contributed by atoms with Gasteiger partial charge in [-0.3, -0.25) is 11.3 Å². The van der Waals surface area contributed by atoms with Crippen LogP contribution < -0.4 is 17.2 Å². The molecule has 0 aliphatic carbocycles. The molecule has 0 aromatic heterocycles. The molecule has 0 fully saturated rings. The van der Waals surface area contributed by atoms with Crippen molar-refractivity contribution in [3.8, 4) is 0 Å². The monoisotopic (exact) mass is 165 g/mol. The molecule has 11 heavy (non-hydrogen) atoms. The molecular formula is C5H15N3O3. The zero-order valence-electron chi connectivity index (χ0n) is 6.79. The van der Waals surface area contributed by atoms with Gasteiger partial charge in [0.25, 0.3) is 0 Å². The fourth-order valence-corrected chi connectivity index (χ4v) is 0.152. The lowest BCUT2D eigenvalue weighted by Crippen LogP contribution is -2.20. The van der Waals surface area contributed by atoms with Crippen molar-refractivity contribution >= 4 is 6.16 Å². The molecule has 0 aliphatic heterocycles. The summed E-state index contributed by atoms with van der Waals surface area (Å²) in [6, 6.07) is 0. The third-order valence-electron chi connectivity index (χ3n) is 0.563. The van der Waals surface area contributed by atoms with E-state index >= 15 is 0 Å². The number of carbonyl (C=O) groups excluding carboxylic acids is 1. The van der Waals surface area contributed by atoms with Crippen LogP contribution in [0.2, 0.25) is 0 Å². The van der Waals surface area contributed by atoms with Crippen molar-refractivity contribution in [1.82, 2.24) is 5.43 Å². The maximum Gasteiger partial charge on any atom is 0.527 e. The summed E-state index contributed by atoms with van der Waals surface area (Å²) in [5, 5.41) is 0. The van der Waals surface area contributed by atoms with Crippen LogP contribution >= 0.6 is 0 Å². The van der Waals surface area contributed by atoms with E-state index in [9.17, 15) is 4.79 Å². The molecule has 6 nitrogen and oxygen atoms in total. The summed E-state index contributed by atoms with van der Waals surface area (Å²) < 4.78 is 4.20. The van der Waals surface area contributed by atoms with Gasteiger partial charge in [0.1, 0.15) is 0 Å². The van der Waals surface area contributed by atoms with Crippen molar-refractivity contribution in [2.24, 2.45) is 11.7 Å². The molecule has 0 saturated heterocycles. The van der Waals surface area contributed by atoms with Gasteiger partial charge in [0.15, 0.2) is 0 Å². The third kappa shape index (κ3) is 17.6. The van der Waals surface area contributed by atoms with Crippen LogP contribution in [0.4, 0.5) is 4.79 Å². The standard InChI is InChI=1S/C3H7NO3.C2H8N2/c1-2-6-3(5)7-4;1-2-4-3/h2,4H2,1H3;4H,2-3H2,1H3. The topological polar surface area (TPSA) is 99.6 Å². The first kappa shape index (κ1) is 12.8. The summed E-state index contributed by atoms with van der Waals surface area (Å²) in [4.78, 5) is 13.5. The Morgan fingerprint density at radius 2 is 2.00 bits per heavy atom. The molecule has 0 unspecified atom stereocenters. The van der Waals surface area contributed by atoms with Crippen LogP contribution in [0.1, 0.15) is 13.8 Å². The van der Waals surface area contributed by atoms with Crippen molar-refractivity contribution in [1.29, 1.82) is 0 Å². The number of nitrogens with two attached hydrogens (primary N) is 2. The van der Waals surface area contributed by atoms with Gasteiger partial charge in [0.2, 0.25) is 0 Å². The molecule has 0 aromatic carbocycles. The molecule has 0 amide bonds. The van der Waals surface area contributed by atoms with E-state index in [0.717, 1.165) is 6.54 Å². The van der Waals surface area contributed by atoms with Gasteiger partial charge in [-0.05, 0) is 6.92 Å². The van der Waals surface area contributed by atoms with E-state index in [1.165, 1.54) is 0 Å². The molecule has 0 aliphatic rings. The average Bonchev–Trinajstić information content (AvgIpc) is 2.05. The van der Waals surface area contributed by atoms with Crippen molar-refractivity contribution in [3.63, 3.8) is 0 Å². The summed E-state index contributed by atoms with van der Waals surface area (Å²) in [6.45, 7) is 4.74. The minimum atomic E-state index is -0.845. The molecule has 0 radical (unpaired) electrons. The van der Waals surface area contributed by atoms with Crippen molar-refractivity contribution in [2.45, 2.75) is 13.8 Å². The summed E-state index contributed by atoms with van der Waals surface area (Å²) in [5.41, 5.74) is 2.43. The lowest BCUT2D eigenvalue weighted by Gasteiger charge is -1.93. The first-order chi connectivity index (χ1) is 5.22. The number of ether oxygens (including phenoxy) is 1. The molecular weight excluding hydrogens is 150 g/mol. The maximum atomic E-state index is 9.84. The number of hydrogen-bond donors (Lipinski definition) is 3. The molecule has 6 heteroatoms. The second kappa shape index (κ2) is 11.9. The SMILES string of the molecule is CCNN.CCOC(=O)ON. The van der Waals surface area contributed by atoms with Crippen LogP contribution in [0.5, 0.6) is 0 Å². The normalized spacial score (nSPS) is 7.64. The van der Waals surface area contributed by atoms with Gasteiger partial charge in [-0.2, -0.15) is 5.90 Å². The molecule has 0 bridgehead atoms. The highest BCUT2D eigenvalue weighted by molar-refractivity contribution is 5.59. The predicted molar refractivity (Wildman–Crippen MR) is 40.2 cm³/mol. The van der Waals surface area contributed by atoms with Gasteiger partial charge in [-0.15, -0.1) is 0 Å². The van der Waals surface area contributed by atoms with E-state index < -0.39 is 6.16 Å². The number of nitrogens with one attached hydrogen (secondary N) is 1. The zero-order chi connectivity index (χ0) is 9.11. The fraction of sp³-hybridized carbons (Fsp3) is 0.800. The molecule has 0 atom stereocenters. The van der Waals surface area contributed by atoms with E-state index in [1.807, 2.05) is 6.92 Å². The number of hydrogen-bond acceptors (Lipinski definition) is 6. The van der Waals surface area contributed by atoms with E-state index in [4.69, 9.17) is 5.84 Å². The molecule has 0 rings (SSSR count). The Balaban J connectivity index is 0. The van der Waals surface area contributed by atoms with Gasteiger partial charge in [-0.25, -0.2) is 4.79 Å².